The van der Waals surface area contributed by atoms with Crippen LogP contribution in [0, 0.1) is 5.92 Å². The zero-order valence-corrected chi connectivity index (χ0v) is 12.3. The van der Waals surface area contributed by atoms with Crippen LogP contribution in [0.4, 0.5) is 0 Å². The third-order valence-electron chi connectivity index (χ3n) is 3.07. The largest absolute Gasteiger partial charge is 0.343 e. The monoisotopic (exact) mass is 241 g/mol. The number of hydrogen-bond acceptors (Lipinski definition) is 1. The van der Waals surface area contributed by atoms with Crippen LogP contribution in [0.15, 0.2) is 0 Å². The molecule has 1 amide bonds. The van der Waals surface area contributed by atoms with Crippen LogP contribution in [0.1, 0.15) is 72.6 Å². The molecule has 0 atom stereocenters. The molecule has 0 spiro atoms. The van der Waals surface area contributed by atoms with Crippen LogP contribution >= 0.6 is 0 Å². The van der Waals surface area contributed by atoms with Gasteiger partial charge in [0.2, 0.25) is 5.91 Å². The second-order valence-corrected chi connectivity index (χ2v) is 5.37. The van der Waals surface area contributed by atoms with Gasteiger partial charge in [-0.1, -0.05) is 47.0 Å². The SMILES string of the molecule is CCCCCCC(=O)N(CCC)CCC(C)C. The van der Waals surface area contributed by atoms with Gasteiger partial charge < -0.3 is 4.90 Å². The number of hydrogen-bond donors (Lipinski definition) is 0. The summed E-state index contributed by atoms with van der Waals surface area (Å²) in [6, 6.07) is 0. The number of rotatable bonds is 10. The average molecular weight is 241 g/mol. The first-order valence-electron chi connectivity index (χ1n) is 7.39. The smallest absolute Gasteiger partial charge is 0.222 e. The zero-order chi connectivity index (χ0) is 13.1. The van der Waals surface area contributed by atoms with Crippen molar-refractivity contribution in [2.75, 3.05) is 13.1 Å². The lowest BCUT2D eigenvalue weighted by molar-refractivity contribution is -0.131. The molecule has 0 bridgehead atoms. The van der Waals surface area contributed by atoms with Gasteiger partial charge in [0.15, 0.2) is 0 Å². The second kappa shape index (κ2) is 10.6. The molecule has 0 fully saturated rings. The molecule has 0 aromatic heterocycles. The van der Waals surface area contributed by atoms with Crippen LogP contribution < -0.4 is 0 Å². The second-order valence-electron chi connectivity index (χ2n) is 5.37. The van der Waals surface area contributed by atoms with Gasteiger partial charge in [-0.05, 0) is 25.2 Å². The van der Waals surface area contributed by atoms with Gasteiger partial charge in [-0.25, -0.2) is 0 Å². The van der Waals surface area contributed by atoms with E-state index in [2.05, 4.69) is 32.6 Å². The highest BCUT2D eigenvalue weighted by Gasteiger charge is 2.12. The Balaban J connectivity index is 3.88. The molecule has 102 valence electrons. The van der Waals surface area contributed by atoms with Crippen LogP contribution in [0.3, 0.4) is 0 Å². The quantitative estimate of drug-likeness (QED) is 0.524. The average Bonchev–Trinajstić information content (AvgIpc) is 2.29. The molecule has 17 heavy (non-hydrogen) atoms. The molecule has 0 rings (SSSR count). The van der Waals surface area contributed by atoms with Crippen molar-refractivity contribution in [3.05, 3.63) is 0 Å². The van der Waals surface area contributed by atoms with E-state index in [1.165, 1.54) is 19.3 Å². The summed E-state index contributed by atoms with van der Waals surface area (Å²) in [7, 11) is 0. The number of nitrogens with zero attached hydrogens (tertiary/aromatic N) is 1. The molecule has 0 aromatic carbocycles. The predicted octanol–water partition coefficient (Wildman–Crippen LogP) is 4.24. The molecule has 0 N–H and O–H groups in total. The minimum atomic E-state index is 0.364. The highest BCUT2D eigenvalue weighted by Crippen LogP contribution is 2.08. The first kappa shape index (κ1) is 16.5. The van der Waals surface area contributed by atoms with Gasteiger partial charge in [-0.3, -0.25) is 4.79 Å². The molecular weight excluding hydrogens is 210 g/mol. The molecule has 0 saturated heterocycles. The molecule has 0 aliphatic carbocycles. The molecule has 0 heterocycles. The van der Waals surface area contributed by atoms with Gasteiger partial charge in [-0.2, -0.15) is 0 Å². The van der Waals surface area contributed by atoms with Crippen molar-refractivity contribution in [2.24, 2.45) is 5.92 Å². The summed E-state index contributed by atoms with van der Waals surface area (Å²) in [5, 5.41) is 0. The van der Waals surface area contributed by atoms with Crippen molar-refractivity contribution >= 4 is 5.91 Å². The van der Waals surface area contributed by atoms with Crippen LogP contribution in [0.2, 0.25) is 0 Å². The van der Waals surface area contributed by atoms with Crippen molar-refractivity contribution in [1.82, 2.24) is 4.90 Å². The summed E-state index contributed by atoms with van der Waals surface area (Å²) in [5.41, 5.74) is 0. The van der Waals surface area contributed by atoms with E-state index >= 15 is 0 Å². The highest BCUT2D eigenvalue weighted by atomic mass is 16.2. The maximum absolute atomic E-state index is 12.0. The number of amides is 1. The summed E-state index contributed by atoms with van der Waals surface area (Å²) in [4.78, 5) is 14.1. The van der Waals surface area contributed by atoms with Crippen LogP contribution in [0.5, 0.6) is 0 Å². The minimum Gasteiger partial charge on any atom is -0.343 e. The van der Waals surface area contributed by atoms with Crippen molar-refractivity contribution < 1.29 is 4.79 Å². The summed E-state index contributed by atoms with van der Waals surface area (Å²) >= 11 is 0. The normalized spacial score (nSPS) is 10.9. The Morgan fingerprint density at radius 1 is 1.00 bits per heavy atom. The lowest BCUT2D eigenvalue weighted by Gasteiger charge is -2.23. The molecular formula is C15H31NO. The van der Waals surface area contributed by atoms with Gasteiger partial charge in [0.1, 0.15) is 0 Å². The fourth-order valence-corrected chi connectivity index (χ4v) is 1.91. The van der Waals surface area contributed by atoms with E-state index in [-0.39, 0.29) is 0 Å². The minimum absolute atomic E-state index is 0.364. The Labute approximate surface area is 108 Å². The first-order chi connectivity index (χ1) is 8.11. The maximum atomic E-state index is 12.0. The van der Waals surface area contributed by atoms with Crippen molar-refractivity contribution in [3.63, 3.8) is 0 Å². The molecule has 0 saturated carbocycles. The van der Waals surface area contributed by atoms with E-state index in [9.17, 15) is 4.79 Å². The van der Waals surface area contributed by atoms with Crippen LogP contribution in [-0.2, 0) is 4.79 Å². The molecule has 0 radical (unpaired) electrons. The van der Waals surface area contributed by atoms with Gasteiger partial charge in [0.05, 0.1) is 0 Å². The van der Waals surface area contributed by atoms with Gasteiger partial charge in [0.25, 0.3) is 0 Å². The Morgan fingerprint density at radius 2 is 1.71 bits per heavy atom. The van der Waals surface area contributed by atoms with Gasteiger partial charge in [0, 0.05) is 19.5 Å². The molecule has 0 aliphatic heterocycles. The molecule has 0 unspecified atom stereocenters. The maximum Gasteiger partial charge on any atom is 0.222 e. The molecule has 2 heteroatoms. The van der Waals surface area contributed by atoms with Gasteiger partial charge >= 0.3 is 0 Å². The van der Waals surface area contributed by atoms with Crippen LogP contribution in [0.25, 0.3) is 0 Å². The standard InChI is InChI=1S/C15H31NO/c1-5-7-8-9-10-15(17)16(12-6-2)13-11-14(3)4/h14H,5-13H2,1-4H3. The van der Waals surface area contributed by atoms with Crippen LogP contribution in [-0.4, -0.2) is 23.9 Å². The van der Waals surface area contributed by atoms with E-state index in [0.29, 0.717) is 11.8 Å². The zero-order valence-electron chi connectivity index (χ0n) is 12.3. The number of carbonyl (C=O) groups excluding carboxylic acids is 1. The first-order valence-corrected chi connectivity index (χ1v) is 7.39. The van der Waals surface area contributed by atoms with E-state index in [4.69, 9.17) is 0 Å². The molecule has 0 aromatic rings. The predicted molar refractivity (Wildman–Crippen MR) is 75.1 cm³/mol. The van der Waals surface area contributed by atoms with Gasteiger partial charge in [-0.15, -0.1) is 0 Å². The third kappa shape index (κ3) is 9.20. The third-order valence-corrected chi connectivity index (χ3v) is 3.07. The Bertz CT molecular complexity index is 189. The lowest BCUT2D eigenvalue weighted by Crippen LogP contribution is -2.33. The van der Waals surface area contributed by atoms with Crippen molar-refractivity contribution in [2.45, 2.75) is 72.6 Å². The van der Waals surface area contributed by atoms with E-state index < -0.39 is 0 Å². The summed E-state index contributed by atoms with van der Waals surface area (Å²) in [5.74, 6) is 1.05. The highest BCUT2D eigenvalue weighted by molar-refractivity contribution is 5.76. The Morgan fingerprint density at radius 3 is 2.24 bits per heavy atom. The number of carbonyl (C=O) groups is 1. The van der Waals surface area contributed by atoms with E-state index in [0.717, 1.165) is 38.8 Å². The summed E-state index contributed by atoms with van der Waals surface area (Å²) < 4.78 is 0. The van der Waals surface area contributed by atoms with E-state index in [1.807, 2.05) is 0 Å². The fraction of sp³-hybridized carbons (Fsp3) is 0.933. The Hall–Kier alpha value is -0.530. The summed E-state index contributed by atoms with van der Waals surface area (Å²) in [6.07, 6.45) is 7.70. The lowest BCUT2D eigenvalue weighted by atomic mass is 10.1. The molecule has 0 aliphatic rings. The van der Waals surface area contributed by atoms with Crippen molar-refractivity contribution in [3.8, 4) is 0 Å². The topological polar surface area (TPSA) is 20.3 Å². The molecule has 2 nitrogen and oxygen atoms in total. The number of unbranched alkanes of at least 4 members (excludes halogenated alkanes) is 3. The van der Waals surface area contributed by atoms with Crippen molar-refractivity contribution in [1.29, 1.82) is 0 Å². The van der Waals surface area contributed by atoms with E-state index in [1.54, 1.807) is 0 Å². The Kier molecular flexibility index (Phi) is 10.3. The summed E-state index contributed by atoms with van der Waals surface area (Å²) in [6.45, 7) is 10.7. The fourth-order valence-electron chi connectivity index (χ4n) is 1.91.